The van der Waals surface area contributed by atoms with Gasteiger partial charge >= 0.3 is 0 Å². The molecule has 0 aromatic heterocycles. The monoisotopic (exact) mass is 331 g/mol. The maximum absolute atomic E-state index is 12.5. The highest BCUT2D eigenvalue weighted by atomic mass is 16.2. The van der Waals surface area contributed by atoms with Gasteiger partial charge in [-0.15, -0.1) is 0 Å². The minimum absolute atomic E-state index is 0.00331. The SMILES string of the molecule is CC(=O)NC[C@H]1CC[C@@H](CC(=O)N(C)CCc2ccccc2)N1C. The number of likely N-dealkylation sites (N-methyl/N-ethyl adjacent to an activating group) is 2. The highest BCUT2D eigenvalue weighted by Gasteiger charge is 2.32. The molecule has 0 aliphatic carbocycles. The van der Waals surface area contributed by atoms with Gasteiger partial charge in [0.25, 0.3) is 0 Å². The van der Waals surface area contributed by atoms with Crippen LogP contribution in [0.5, 0.6) is 0 Å². The molecule has 2 atom stereocenters. The molecular weight excluding hydrogens is 302 g/mol. The summed E-state index contributed by atoms with van der Waals surface area (Å²) in [5, 5.41) is 2.88. The fourth-order valence-electron chi connectivity index (χ4n) is 3.27. The van der Waals surface area contributed by atoms with Crippen LogP contribution in [0, 0.1) is 0 Å². The van der Waals surface area contributed by atoms with Crippen LogP contribution in [0.15, 0.2) is 30.3 Å². The predicted molar refractivity (Wildman–Crippen MR) is 95.7 cm³/mol. The summed E-state index contributed by atoms with van der Waals surface area (Å²) in [5.74, 6) is 0.200. The van der Waals surface area contributed by atoms with E-state index in [1.807, 2.05) is 30.1 Å². The topological polar surface area (TPSA) is 52.7 Å². The second-order valence-electron chi connectivity index (χ2n) is 6.74. The molecule has 0 unspecified atom stereocenters. The largest absolute Gasteiger partial charge is 0.355 e. The molecule has 2 amide bonds. The van der Waals surface area contributed by atoms with Crippen molar-refractivity contribution >= 4 is 11.8 Å². The Labute approximate surface area is 145 Å². The van der Waals surface area contributed by atoms with Crippen LogP contribution in [0.25, 0.3) is 0 Å². The maximum atomic E-state index is 12.5. The van der Waals surface area contributed by atoms with Crippen LogP contribution >= 0.6 is 0 Å². The quantitative estimate of drug-likeness (QED) is 0.827. The molecular formula is C19H29N3O2. The summed E-state index contributed by atoms with van der Waals surface area (Å²) in [6, 6.07) is 10.9. The van der Waals surface area contributed by atoms with Gasteiger partial charge in [-0.2, -0.15) is 0 Å². The summed E-state index contributed by atoms with van der Waals surface area (Å²) in [7, 11) is 3.94. The standard InChI is InChI=1S/C19H29N3O2/c1-15(23)20-14-18-10-9-17(22(18)3)13-19(24)21(2)12-11-16-7-5-4-6-8-16/h4-8,17-18H,9-14H2,1-3H3,(H,20,23)/t17-,18+/m0/s1. The van der Waals surface area contributed by atoms with Gasteiger partial charge in [0.15, 0.2) is 0 Å². The lowest BCUT2D eigenvalue weighted by Crippen LogP contribution is -2.42. The number of amides is 2. The van der Waals surface area contributed by atoms with Crippen LogP contribution in [-0.4, -0.2) is 60.9 Å². The Kier molecular flexibility index (Phi) is 6.79. The average molecular weight is 331 g/mol. The fraction of sp³-hybridized carbons (Fsp3) is 0.579. The molecule has 5 nitrogen and oxygen atoms in total. The van der Waals surface area contributed by atoms with Crippen LogP contribution in [-0.2, 0) is 16.0 Å². The third-order valence-corrected chi connectivity index (χ3v) is 4.99. The van der Waals surface area contributed by atoms with Crippen molar-refractivity contribution in [2.24, 2.45) is 0 Å². The lowest BCUT2D eigenvalue weighted by atomic mass is 10.1. The van der Waals surface area contributed by atoms with Crippen molar-refractivity contribution in [3.63, 3.8) is 0 Å². The van der Waals surface area contributed by atoms with E-state index in [-0.39, 0.29) is 17.9 Å². The van der Waals surface area contributed by atoms with Crippen molar-refractivity contribution in [1.82, 2.24) is 15.1 Å². The molecule has 1 N–H and O–H groups in total. The third kappa shape index (κ3) is 5.34. The number of hydrogen-bond acceptors (Lipinski definition) is 3. The van der Waals surface area contributed by atoms with Crippen molar-refractivity contribution in [3.05, 3.63) is 35.9 Å². The van der Waals surface area contributed by atoms with Crippen LogP contribution < -0.4 is 5.32 Å². The Balaban J connectivity index is 1.76. The first-order valence-corrected chi connectivity index (χ1v) is 8.71. The predicted octanol–water partition coefficient (Wildman–Crippen LogP) is 1.68. The molecule has 1 fully saturated rings. The number of carbonyl (C=O) groups is 2. The van der Waals surface area contributed by atoms with E-state index in [2.05, 4.69) is 29.4 Å². The minimum Gasteiger partial charge on any atom is -0.355 e. The van der Waals surface area contributed by atoms with Gasteiger partial charge in [-0.1, -0.05) is 30.3 Å². The van der Waals surface area contributed by atoms with Gasteiger partial charge in [-0.3, -0.25) is 14.5 Å². The van der Waals surface area contributed by atoms with E-state index in [0.717, 1.165) is 25.8 Å². The lowest BCUT2D eigenvalue weighted by Gasteiger charge is -2.27. The smallest absolute Gasteiger partial charge is 0.223 e. The van der Waals surface area contributed by atoms with E-state index in [4.69, 9.17) is 0 Å². The first-order valence-electron chi connectivity index (χ1n) is 8.71. The number of carbonyl (C=O) groups excluding carboxylic acids is 2. The second kappa shape index (κ2) is 8.83. The summed E-state index contributed by atoms with van der Waals surface area (Å²) < 4.78 is 0. The molecule has 0 bridgehead atoms. The van der Waals surface area contributed by atoms with E-state index >= 15 is 0 Å². The Bertz CT molecular complexity index is 547. The van der Waals surface area contributed by atoms with E-state index in [9.17, 15) is 9.59 Å². The number of likely N-dealkylation sites (tertiary alicyclic amines) is 1. The molecule has 132 valence electrons. The molecule has 1 aliphatic heterocycles. The molecule has 1 aromatic carbocycles. The number of rotatable bonds is 7. The molecule has 5 heteroatoms. The molecule has 0 spiro atoms. The van der Waals surface area contributed by atoms with E-state index < -0.39 is 0 Å². The number of nitrogens with one attached hydrogen (secondary N) is 1. The Morgan fingerprint density at radius 2 is 1.88 bits per heavy atom. The van der Waals surface area contributed by atoms with Crippen LogP contribution in [0.1, 0.15) is 31.7 Å². The third-order valence-electron chi connectivity index (χ3n) is 4.99. The molecule has 0 radical (unpaired) electrons. The summed E-state index contributed by atoms with van der Waals surface area (Å²) in [5.41, 5.74) is 1.26. The average Bonchev–Trinajstić information content (AvgIpc) is 2.91. The van der Waals surface area contributed by atoms with Crippen molar-refractivity contribution in [1.29, 1.82) is 0 Å². The highest BCUT2D eigenvalue weighted by molar-refractivity contribution is 5.76. The highest BCUT2D eigenvalue weighted by Crippen LogP contribution is 2.24. The molecule has 2 rings (SSSR count). The molecule has 1 aliphatic rings. The summed E-state index contributed by atoms with van der Waals surface area (Å²) in [6.07, 6.45) is 3.48. The number of nitrogens with zero attached hydrogens (tertiary/aromatic N) is 2. The van der Waals surface area contributed by atoms with Crippen molar-refractivity contribution in [2.75, 3.05) is 27.2 Å². The van der Waals surface area contributed by atoms with Gasteiger partial charge in [0, 0.05) is 45.6 Å². The number of benzene rings is 1. The van der Waals surface area contributed by atoms with Crippen LogP contribution in [0.2, 0.25) is 0 Å². The van der Waals surface area contributed by atoms with Crippen molar-refractivity contribution in [3.8, 4) is 0 Å². The minimum atomic E-state index is 0.00331. The van der Waals surface area contributed by atoms with Gasteiger partial charge in [0.05, 0.1) is 0 Å². The second-order valence-corrected chi connectivity index (χ2v) is 6.74. The number of hydrogen-bond donors (Lipinski definition) is 1. The summed E-state index contributed by atoms with van der Waals surface area (Å²) in [4.78, 5) is 27.6. The molecule has 24 heavy (non-hydrogen) atoms. The summed E-state index contributed by atoms with van der Waals surface area (Å²) >= 11 is 0. The normalized spacial score (nSPS) is 20.8. The van der Waals surface area contributed by atoms with Crippen molar-refractivity contribution < 1.29 is 9.59 Å². The van der Waals surface area contributed by atoms with Gasteiger partial charge in [0.1, 0.15) is 0 Å². The molecule has 1 saturated heterocycles. The Hall–Kier alpha value is -1.88. The van der Waals surface area contributed by atoms with Gasteiger partial charge in [0.2, 0.25) is 11.8 Å². The maximum Gasteiger partial charge on any atom is 0.223 e. The summed E-state index contributed by atoms with van der Waals surface area (Å²) in [6.45, 7) is 2.95. The van der Waals surface area contributed by atoms with Gasteiger partial charge in [-0.05, 0) is 31.9 Å². The first kappa shape index (κ1) is 18.5. The molecule has 0 saturated carbocycles. The van der Waals surface area contributed by atoms with Crippen LogP contribution in [0.4, 0.5) is 0 Å². The first-order chi connectivity index (χ1) is 11.5. The molecule has 1 aromatic rings. The zero-order valence-corrected chi connectivity index (χ0v) is 15.0. The Morgan fingerprint density at radius 3 is 2.54 bits per heavy atom. The van der Waals surface area contributed by atoms with E-state index in [0.29, 0.717) is 19.0 Å². The van der Waals surface area contributed by atoms with Gasteiger partial charge < -0.3 is 10.2 Å². The van der Waals surface area contributed by atoms with Gasteiger partial charge in [-0.25, -0.2) is 0 Å². The fourth-order valence-corrected chi connectivity index (χ4v) is 3.27. The zero-order valence-electron chi connectivity index (χ0n) is 15.0. The van der Waals surface area contributed by atoms with E-state index in [1.165, 1.54) is 12.5 Å². The van der Waals surface area contributed by atoms with Crippen LogP contribution in [0.3, 0.4) is 0 Å². The van der Waals surface area contributed by atoms with E-state index in [1.54, 1.807) is 0 Å². The molecule has 1 heterocycles. The van der Waals surface area contributed by atoms with Crippen molar-refractivity contribution in [2.45, 2.75) is 44.7 Å². The lowest BCUT2D eigenvalue weighted by molar-refractivity contribution is -0.131. The Morgan fingerprint density at radius 1 is 1.21 bits per heavy atom. The zero-order chi connectivity index (χ0) is 17.5.